The molecule has 1 atom stereocenters. The summed E-state index contributed by atoms with van der Waals surface area (Å²) in [4.78, 5) is 1.88. The van der Waals surface area contributed by atoms with E-state index in [0.717, 1.165) is 12.1 Å². The quantitative estimate of drug-likeness (QED) is 0.429. The van der Waals surface area contributed by atoms with Gasteiger partial charge in [0.2, 0.25) is 0 Å². The number of hydrogen-bond acceptors (Lipinski definition) is 2. The molecule has 19 heavy (non-hydrogen) atoms. The monoisotopic (exact) mass is 252 g/mol. The van der Waals surface area contributed by atoms with E-state index in [4.69, 9.17) is 0 Å². The lowest BCUT2D eigenvalue weighted by atomic mass is 10.1. The van der Waals surface area contributed by atoms with E-state index in [-0.39, 0.29) is 0 Å². The van der Waals surface area contributed by atoms with Gasteiger partial charge >= 0.3 is 0 Å². The second-order valence-corrected chi connectivity index (χ2v) is 4.44. The van der Waals surface area contributed by atoms with Crippen LogP contribution in [0.5, 0.6) is 0 Å². The van der Waals surface area contributed by atoms with Crippen molar-refractivity contribution >= 4 is 5.69 Å². The number of rotatable bonds is 6. The zero-order valence-electron chi connectivity index (χ0n) is 11.6. The van der Waals surface area contributed by atoms with Crippen LogP contribution in [0.2, 0.25) is 0 Å². The molecule has 0 amide bonds. The summed E-state index contributed by atoms with van der Waals surface area (Å²) in [7, 11) is 1.89. The zero-order chi connectivity index (χ0) is 14.1. The van der Waals surface area contributed by atoms with Crippen molar-refractivity contribution in [2.45, 2.75) is 13.3 Å². The third-order valence-electron chi connectivity index (χ3n) is 2.85. The van der Waals surface area contributed by atoms with Crippen LogP contribution in [0, 0.1) is 17.2 Å². The molecule has 0 saturated carbocycles. The van der Waals surface area contributed by atoms with Crippen molar-refractivity contribution in [2.24, 2.45) is 5.92 Å². The lowest BCUT2D eigenvalue weighted by Crippen LogP contribution is -2.14. The number of nitrogens with zero attached hydrogens (tertiary/aromatic N) is 2. The Morgan fingerprint density at radius 3 is 2.68 bits per heavy atom. The van der Waals surface area contributed by atoms with Gasteiger partial charge < -0.3 is 4.90 Å². The molecule has 0 spiro atoms. The Bertz CT molecular complexity index is 492. The second-order valence-electron chi connectivity index (χ2n) is 4.44. The van der Waals surface area contributed by atoms with E-state index in [2.05, 4.69) is 25.6 Å². The highest BCUT2D eigenvalue weighted by atomic mass is 15.1. The van der Waals surface area contributed by atoms with E-state index < -0.39 is 0 Å². The lowest BCUT2D eigenvalue weighted by molar-refractivity contribution is 0.745. The molecule has 0 heterocycles. The van der Waals surface area contributed by atoms with Crippen LogP contribution in [0.4, 0.5) is 5.69 Å². The molecule has 0 N–H and O–H groups in total. The van der Waals surface area contributed by atoms with E-state index in [9.17, 15) is 5.26 Å². The topological polar surface area (TPSA) is 27.0 Å². The molecule has 0 radical (unpaired) electrons. The van der Waals surface area contributed by atoms with E-state index in [1.54, 1.807) is 0 Å². The van der Waals surface area contributed by atoms with Crippen LogP contribution in [0.25, 0.3) is 0 Å². The smallest absolute Gasteiger partial charge is 0.120 e. The summed E-state index contributed by atoms with van der Waals surface area (Å²) < 4.78 is 0. The fraction of sp³-hybridized carbons (Fsp3) is 0.235. The largest absolute Gasteiger partial charge is 0.336 e. The summed E-state index contributed by atoms with van der Waals surface area (Å²) in [5, 5.41) is 9.22. The predicted octanol–water partition coefficient (Wildman–Crippen LogP) is 4.30. The maximum absolute atomic E-state index is 9.22. The Hall–Kier alpha value is -2.27. The molecule has 0 fully saturated rings. The Labute approximate surface area is 116 Å². The normalized spacial score (nSPS) is 13.0. The summed E-state index contributed by atoms with van der Waals surface area (Å²) in [6, 6.07) is 12.1. The van der Waals surface area contributed by atoms with Gasteiger partial charge in [0.05, 0.1) is 0 Å². The molecule has 0 aliphatic heterocycles. The van der Waals surface area contributed by atoms with Gasteiger partial charge in [0.15, 0.2) is 0 Å². The Balaban J connectivity index is 2.78. The molecule has 98 valence electrons. The van der Waals surface area contributed by atoms with Gasteiger partial charge in [0.25, 0.3) is 0 Å². The van der Waals surface area contributed by atoms with Crippen molar-refractivity contribution in [3.05, 3.63) is 66.9 Å². The van der Waals surface area contributed by atoms with Gasteiger partial charge in [0.1, 0.15) is 11.8 Å². The Morgan fingerprint density at radius 2 is 2.11 bits per heavy atom. The molecule has 0 aromatic heterocycles. The van der Waals surface area contributed by atoms with E-state index >= 15 is 0 Å². The maximum Gasteiger partial charge on any atom is 0.120 e. The molecule has 2 nitrogen and oxygen atoms in total. The number of allylic oxidation sites excluding steroid dienone is 5. The first-order valence-electron chi connectivity index (χ1n) is 6.37. The van der Waals surface area contributed by atoms with Crippen molar-refractivity contribution in [3.8, 4) is 6.07 Å². The van der Waals surface area contributed by atoms with Crippen LogP contribution < -0.4 is 4.90 Å². The predicted molar refractivity (Wildman–Crippen MR) is 81.7 cm³/mol. The molecular formula is C17H20N2. The summed E-state index contributed by atoms with van der Waals surface area (Å²) in [6.07, 6.45) is 8.71. The first-order chi connectivity index (χ1) is 9.19. The molecule has 1 rings (SSSR count). The summed E-state index contributed by atoms with van der Waals surface area (Å²) in [5.74, 6) is 0.440. The number of benzene rings is 1. The third-order valence-corrected chi connectivity index (χ3v) is 2.85. The molecule has 0 aliphatic rings. The molecule has 1 unspecified atom stereocenters. The van der Waals surface area contributed by atoms with Crippen LogP contribution in [0.1, 0.15) is 13.3 Å². The first-order valence-corrected chi connectivity index (χ1v) is 6.37. The number of hydrogen-bond donors (Lipinski definition) is 0. The zero-order valence-corrected chi connectivity index (χ0v) is 11.6. The minimum Gasteiger partial charge on any atom is -0.336 e. The van der Waals surface area contributed by atoms with Crippen LogP contribution >= 0.6 is 0 Å². The van der Waals surface area contributed by atoms with E-state index in [0.29, 0.717) is 11.6 Å². The minimum atomic E-state index is 0.440. The van der Waals surface area contributed by atoms with Crippen LogP contribution in [0.15, 0.2) is 66.9 Å². The molecular weight excluding hydrogens is 232 g/mol. The van der Waals surface area contributed by atoms with Crippen LogP contribution in [-0.2, 0) is 0 Å². The van der Waals surface area contributed by atoms with Gasteiger partial charge in [-0.25, -0.2) is 0 Å². The third kappa shape index (κ3) is 4.85. The maximum atomic E-state index is 9.22. The average molecular weight is 252 g/mol. The van der Waals surface area contributed by atoms with Crippen molar-refractivity contribution in [1.82, 2.24) is 0 Å². The Kier molecular flexibility index (Phi) is 6.18. The van der Waals surface area contributed by atoms with Crippen molar-refractivity contribution in [2.75, 3.05) is 11.9 Å². The van der Waals surface area contributed by atoms with Crippen LogP contribution in [0.3, 0.4) is 0 Å². The van der Waals surface area contributed by atoms with Gasteiger partial charge in [-0.15, -0.1) is 6.58 Å². The number of anilines is 1. The van der Waals surface area contributed by atoms with E-state index in [1.165, 1.54) is 0 Å². The lowest BCUT2D eigenvalue weighted by Gasteiger charge is -2.17. The standard InChI is InChI=1S/C17H20N2/c1-4-9-15(2)10-8-13-17(14-18)19(3)16-11-6-5-7-12-16/h4-8,10-13,15H,1,9H2,2-3H3/b10-8+,17-13-. The van der Waals surface area contributed by atoms with Crippen molar-refractivity contribution in [3.63, 3.8) is 0 Å². The van der Waals surface area contributed by atoms with E-state index in [1.807, 2.05) is 60.5 Å². The van der Waals surface area contributed by atoms with Gasteiger partial charge in [-0.2, -0.15) is 5.26 Å². The Morgan fingerprint density at radius 1 is 1.42 bits per heavy atom. The fourth-order valence-electron chi connectivity index (χ4n) is 1.69. The molecule has 0 bridgehead atoms. The van der Waals surface area contributed by atoms with Gasteiger partial charge in [-0.3, -0.25) is 0 Å². The molecule has 0 saturated heterocycles. The highest BCUT2D eigenvalue weighted by Gasteiger charge is 2.04. The number of nitriles is 1. The fourth-order valence-corrected chi connectivity index (χ4v) is 1.69. The molecule has 1 aromatic rings. The van der Waals surface area contributed by atoms with Crippen molar-refractivity contribution in [1.29, 1.82) is 5.26 Å². The highest BCUT2D eigenvalue weighted by Crippen LogP contribution is 2.16. The summed E-state index contributed by atoms with van der Waals surface area (Å²) in [6.45, 7) is 5.84. The van der Waals surface area contributed by atoms with Crippen LogP contribution in [-0.4, -0.2) is 7.05 Å². The molecule has 1 aromatic carbocycles. The molecule has 2 heteroatoms. The minimum absolute atomic E-state index is 0.440. The average Bonchev–Trinajstić information content (AvgIpc) is 2.44. The van der Waals surface area contributed by atoms with Gasteiger partial charge in [-0.1, -0.05) is 43.4 Å². The second kappa shape index (κ2) is 7.94. The van der Waals surface area contributed by atoms with Crippen molar-refractivity contribution < 1.29 is 0 Å². The molecule has 0 aliphatic carbocycles. The highest BCUT2D eigenvalue weighted by molar-refractivity contribution is 5.54. The first kappa shape index (κ1) is 14.8. The SMILES string of the molecule is C=CCC(C)/C=C/C=C(/C#N)N(C)c1ccccc1. The summed E-state index contributed by atoms with van der Waals surface area (Å²) in [5.41, 5.74) is 1.62. The number of para-hydroxylation sites is 1. The van der Waals surface area contributed by atoms with Gasteiger partial charge in [-0.05, 0) is 30.5 Å². The van der Waals surface area contributed by atoms with Gasteiger partial charge in [0, 0.05) is 12.7 Å². The summed E-state index contributed by atoms with van der Waals surface area (Å²) >= 11 is 0.